The number of nitrogens with one attached hydrogen (secondary N) is 2. The third-order valence-corrected chi connectivity index (χ3v) is 3.81. The maximum Gasteiger partial charge on any atom is 0.127 e. The van der Waals surface area contributed by atoms with Crippen LogP contribution in [0.1, 0.15) is 12.8 Å². The number of fused-ring (bicyclic) bond motifs is 2. The highest BCUT2D eigenvalue weighted by Crippen LogP contribution is 2.30. The van der Waals surface area contributed by atoms with Gasteiger partial charge in [0, 0.05) is 17.9 Å². The second kappa shape index (κ2) is 3.19. The summed E-state index contributed by atoms with van der Waals surface area (Å²) in [4.78, 5) is 3.09. The third kappa shape index (κ3) is 1.24. The molecule has 0 bridgehead atoms. The smallest absolute Gasteiger partial charge is 0.127 e. The van der Waals surface area contributed by atoms with Gasteiger partial charge in [0.1, 0.15) is 12.0 Å². The van der Waals surface area contributed by atoms with Crippen LogP contribution in [0.2, 0.25) is 0 Å². The number of rotatable bonds is 0. The highest BCUT2D eigenvalue weighted by Gasteiger charge is 2.35. The van der Waals surface area contributed by atoms with Gasteiger partial charge in [-0.3, -0.25) is 0 Å². The van der Waals surface area contributed by atoms with Gasteiger partial charge in [0.05, 0.1) is 5.70 Å². The number of halogens is 1. The van der Waals surface area contributed by atoms with Crippen LogP contribution >= 0.6 is 15.9 Å². The molecule has 0 saturated carbocycles. The topological polar surface area (TPSA) is 27.3 Å². The summed E-state index contributed by atoms with van der Waals surface area (Å²) in [6.07, 6.45) is 7.35. The molecule has 0 aromatic rings. The molecule has 1 fully saturated rings. The summed E-state index contributed by atoms with van der Waals surface area (Å²) in [5.41, 5.74) is 1.27. The van der Waals surface area contributed by atoms with Gasteiger partial charge in [-0.25, -0.2) is 0 Å². The number of alkyl halides is 1. The Bertz CT molecular complexity index is 310. The summed E-state index contributed by atoms with van der Waals surface area (Å²) >= 11 is 3.70. The molecular formula is C10H14BrN3. The molecule has 2 N–H and O–H groups in total. The Kier molecular flexibility index (Phi) is 1.97. The van der Waals surface area contributed by atoms with E-state index in [1.807, 2.05) is 0 Å². The van der Waals surface area contributed by atoms with Crippen molar-refractivity contribution in [2.24, 2.45) is 0 Å². The summed E-state index contributed by atoms with van der Waals surface area (Å²) in [5.74, 6) is 1.29. The average molecular weight is 256 g/mol. The minimum absolute atomic E-state index is 0.518. The van der Waals surface area contributed by atoms with Crippen molar-refractivity contribution in [3.63, 3.8) is 0 Å². The fourth-order valence-electron chi connectivity index (χ4n) is 2.38. The van der Waals surface area contributed by atoms with Gasteiger partial charge in [0.25, 0.3) is 0 Å². The zero-order valence-electron chi connectivity index (χ0n) is 7.96. The van der Waals surface area contributed by atoms with E-state index in [4.69, 9.17) is 0 Å². The minimum Gasteiger partial charge on any atom is -0.366 e. The lowest BCUT2D eigenvalue weighted by Crippen LogP contribution is -2.46. The predicted octanol–water partition coefficient (Wildman–Crippen LogP) is 1.10. The summed E-state index contributed by atoms with van der Waals surface area (Å²) < 4.78 is 0. The second-order valence-electron chi connectivity index (χ2n) is 4.03. The predicted molar refractivity (Wildman–Crippen MR) is 59.7 cm³/mol. The monoisotopic (exact) mass is 255 g/mol. The normalized spacial score (nSPS) is 34.8. The summed E-state index contributed by atoms with van der Waals surface area (Å²) in [7, 11) is 0. The van der Waals surface area contributed by atoms with E-state index in [1.165, 1.54) is 24.4 Å². The van der Waals surface area contributed by atoms with Crippen LogP contribution in [0.4, 0.5) is 0 Å². The largest absolute Gasteiger partial charge is 0.366 e. The number of hydrogen-bond acceptors (Lipinski definition) is 3. The first kappa shape index (κ1) is 8.65. The molecule has 0 amide bonds. The molecule has 76 valence electrons. The zero-order valence-corrected chi connectivity index (χ0v) is 9.55. The van der Waals surface area contributed by atoms with Gasteiger partial charge in [-0.1, -0.05) is 22.0 Å². The van der Waals surface area contributed by atoms with E-state index in [2.05, 4.69) is 43.6 Å². The molecule has 3 heterocycles. The van der Waals surface area contributed by atoms with Crippen LogP contribution in [0.5, 0.6) is 0 Å². The fraction of sp³-hybridized carbons (Fsp3) is 0.600. The van der Waals surface area contributed by atoms with E-state index in [-0.39, 0.29) is 0 Å². The average Bonchev–Trinajstić information content (AvgIpc) is 2.56. The number of piperidine rings is 1. The maximum atomic E-state index is 3.70. The Hall–Kier alpha value is -0.640. The Morgan fingerprint density at radius 3 is 3.29 bits per heavy atom. The number of hydrogen-bond donors (Lipinski definition) is 2. The quantitative estimate of drug-likeness (QED) is 0.636. The van der Waals surface area contributed by atoms with Crippen LogP contribution in [0.25, 0.3) is 0 Å². The van der Waals surface area contributed by atoms with Gasteiger partial charge in [-0.15, -0.1) is 0 Å². The molecule has 0 aromatic heterocycles. The van der Waals surface area contributed by atoms with Crippen LogP contribution in [0, 0.1) is 0 Å². The Labute approximate surface area is 92.4 Å². The lowest BCUT2D eigenvalue weighted by Gasteiger charge is -2.35. The van der Waals surface area contributed by atoms with Crippen molar-refractivity contribution < 1.29 is 0 Å². The molecule has 4 heteroatoms. The van der Waals surface area contributed by atoms with Gasteiger partial charge in [0.15, 0.2) is 0 Å². The highest BCUT2D eigenvalue weighted by atomic mass is 79.9. The van der Waals surface area contributed by atoms with Crippen molar-refractivity contribution in [2.75, 3.05) is 13.1 Å². The number of nitrogens with zero attached hydrogens (tertiary/aromatic N) is 1. The van der Waals surface area contributed by atoms with Gasteiger partial charge in [0.2, 0.25) is 0 Å². The van der Waals surface area contributed by atoms with Crippen molar-refractivity contribution in [1.29, 1.82) is 0 Å². The SMILES string of the molecule is BrC1CCC2NC3=C(NCC=C3)N2C1. The van der Waals surface area contributed by atoms with E-state index in [9.17, 15) is 0 Å². The van der Waals surface area contributed by atoms with Crippen molar-refractivity contribution in [3.05, 3.63) is 23.7 Å². The molecule has 1 saturated heterocycles. The highest BCUT2D eigenvalue weighted by molar-refractivity contribution is 9.09. The molecule has 3 rings (SSSR count). The molecule has 0 aliphatic carbocycles. The molecular weight excluding hydrogens is 242 g/mol. The number of allylic oxidation sites excluding steroid dienone is 1. The molecule has 2 unspecified atom stereocenters. The molecule has 3 aliphatic rings. The molecule has 3 nitrogen and oxygen atoms in total. The summed E-state index contributed by atoms with van der Waals surface area (Å²) in [6.45, 7) is 2.06. The molecule has 0 aromatic carbocycles. The van der Waals surface area contributed by atoms with Crippen molar-refractivity contribution in [3.8, 4) is 0 Å². The molecule has 0 radical (unpaired) electrons. The van der Waals surface area contributed by atoms with Gasteiger partial charge in [-0.2, -0.15) is 0 Å². The van der Waals surface area contributed by atoms with Crippen molar-refractivity contribution in [2.45, 2.75) is 23.8 Å². The van der Waals surface area contributed by atoms with E-state index in [1.54, 1.807) is 0 Å². The Balaban J connectivity index is 1.87. The number of dihydropyridines is 1. The van der Waals surface area contributed by atoms with Gasteiger partial charge < -0.3 is 15.5 Å². The van der Waals surface area contributed by atoms with Crippen molar-refractivity contribution in [1.82, 2.24) is 15.5 Å². The van der Waals surface area contributed by atoms with Crippen LogP contribution < -0.4 is 10.6 Å². The third-order valence-electron chi connectivity index (χ3n) is 3.06. The second-order valence-corrected chi connectivity index (χ2v) is 5.33. The first-order valence-electron chi connectivity index (χ1n) is 5.16. The van der Waals surface area contributed by atoms with Crippen LogP contribution in [0.3, 0.4) is 0 Å². The molecule has 0 spiro atoms. The summed E-state index contributed by atoms with van der Waals surface area (Å²) in [5, 5.41) is 6.99. The van der Waals surface area contributed by atoms with E-state index in [0.717, 1.165) is 13.1 Å². The zero-order chi connectivity index (χ0) is 9.54. The van der Waals surface area contributed by atoms with E-state index in [0.29, 0.717) is 11.0 Å². The van der Waals surface area contributed by atoms with E-state index >= 15 is 0 Å². The Morgan fingerprint density at radius 2 is 2.36 bits per heavy atom. The van der Waals surface area contributed by atoms with Crippen LogP contribution in [-0.4, -0.2) is 29.0 Å². The Morgan fingerprint density at radius 1 is 1.43 bits per heavy atom. The summed E-state index contributed by atoms with van der Waals surface area (Å²) in [6, 6.07) is 0. The van der Waals surface area contributed by atoms with E-state index < -0.39 is 0 Å². The van der Waals surface area contributed by atoms with Crippen LogP contribution in [-0.2, 0) is 0 Å². The maximum absolute atomic E-state index is 3.70. The molecule has 3 aliphatic heterocycles. The minimum atomic E-state index is 0.518. The lowest BCUT2D eigenvalue weighted by molar-refractivity contribution is 0.197. The first-order chi connectivity index (χ1) is 6.84. The van der Waals surface area contributed by atoms with Crippen LogP contribution in [0.15, 0.2) is 23.7 Å². The molecule has 14 heavy (non-hydrogen) atoms. The fourth-order valence-corrected chi connectivity index (χ4v) is 2.96. The molecule has 2 atom stereocenters. The lowest BCUT2D eigenvalue weighted by atomic mass is 10.1. The standard InChI is InChI=1S/C10H14BrN3/c11-7-3-4-9-13-8-2-1-5-12-10(8)14(9)6-7/h1-2,7,9,12-13H,3-6H2. The van der Waals surface area contributed by atoms with Crippen molar-refractivity contribution >= 4 is 15.9 Å². The first-order valence-corrected chi connectivity index (χ1v) is 6.08. The van der Waals surface area contributed by atoms with Gasteiger partial charge >= 0.3 is 0 Å². The van der Waals surface area contributed by atoms with Gasteiger partial charge in [-0.05, 0) is 18.9 Å².